The van der Waals surface area contributed by atoms with Crippen LogP contribution >= 0.6 is 0 Å². The number of carbonyl (C=O) groups is 1. The van der Waals surface area contributed by atoms with Crippen molar-refractivity contribution < 1.29 is 9.53 Å². The van der Waals surface area contributed by atoms with Gasteiger partial charge in [-0.05, 0) is 37.5 Å². The van der Waals surface area contributed by atoms with E-state index in [-0.39, 0.29) is 6.03 Å². The lowest BCUT2D eigenvalue weighted by Gasteiger charge is -2.43. The van der Waals surface area contributed by atoms with Crippen LogP contribution in [0.1, 0.15) is 32.1 Å². The maximum Gasteiger partial charge on any atom is 0.323 e. The Morgan fingerprint density at radius 1 is 1.43 bits per heavy atom. The molecule has 1 aliphatic heterocycles. The van der Waals surface area contributed by atoms with E-state index in [4.69, 9.17) is 4.74 Å². The van der Waals surface area contributed by atoms with Gasteiger partial charge in [-0.2, -0.15) is 5.10 Å². The Bertz CT molecular complexity index is 569. The summed E-state index contributed by atoms with van der Waals surface area (Å²) >= 11 is 0. The van der Waals surface area contributed by atoms with Crippen LogP contribution in [-0.2, 0) is 11.3 Å². The molecule has 1 aromatic rings. The number of allylic oxidation sites excluding steroid dienone is 2. The Morgan fingerprint density at radius 3 is 3.13 bits per heavy atom. The van der Waals surface area contributed by atoms with Gasteiger partial charge in [-0.15, -0.1) is 0 Å². The van der Waals surface area contributed by atoms with E-state index >= 15 is 0 Å². The predicted octanol–water partition coefficient (Wildman–Crippen LogP) is 2.88. The topological polar surface area (TPSA) is 59.4 Å². The molecule has 23 heavy (non-hydrogen) atoms. The monoisotopic (exact) mass is 318 g/mol. The van der Waals surface area contributed by atoms with E-state index in [1.165, 1.54) is 12.8 Å². The molecule has 1 fully saturated rings. The summed E-state index contributed by atoms with van der Waals surface area (Å²) in [4.78, 5) is 14.5. The summed E-state index contributed by atoms with van der Waals surface area (Å²) < 4.78 is 6.81. The number of nitrogens with one attached hydrogen (secondary N) is 1. The SMILES string of the molecule is COCCn1ccc(NC(=O)N2CCC[C@]3(CC=CCC3)C2)n1. The zero-order valence-corrected chi connectivity index (χ0v) is 13.8. The molecule has 1 saturated heterocycles. The van der Waals surface area contributed by atoms with E-state index < -0.39 is 0 Å². The first-order chi connectivity index (χ1) is 11.2. The van der Waals surface area contributed by atoms with Crippen LogP contribution in [-0.4, -0.2) is 47.5 Å². The van der Waals surface area contributed by atoms with Crippen LogP contribution in [0.4, 0.5) is 10.6 Å². The van der Waals surface area contributed by atoms with Crippen molar-refractivity contribution >= 4 is 11.8 Å². The third-order valence-corrected chi connectivity index (χ3v) is 4.91. The second-order valence-electron chi connectivity index (χ2n) is 6.63. The molecule has 126 valence electrons. The highest BCUT2D eigenvalue weighted by Gasteiger charge is 2.36. The van der Waals surface area contributed by atoms with Crippen molar-refractivity contribution in [1.29, 1.82) is 0 Å². The molecule has 2 heterocycles. The van der Waals surface area contributed by atoms with Crippen molar-refractivity contribution in [2.24, 2.45) is 5.41 Å². The molecule has 6 nitrogen and oxygen atoms in total. The van der Waals surface area contributed by atoms with Crippen molar-refractivity contribution in [3.63, 3.8) is 0 Å². The molecule has 6 heteroatoms. The minimum absolute atomic E-state index is 0.0318. The molecule has 2 amide bonds. The summed E-state index contributed by atoms with van der Waals surface area (Å²) in [5, 5.41) is 7.28. The first-order valence-corrected chi connectivity index (χ1v) is 8.44. The molecule has 0 bridgehead atoms. The van der Waals surface area contributed by atoms with Crippen molar-refractivity contribution in [2.75, 3.05) is 32.1 Å². The molecule has 0 aromatic carbocycles. The summed E-state index contributed by atoms with van der Waals surface area (Å²) in [6.45, 7) is 2.98. The van der Waals surface area contributed by atoms with Crippen LogP contribution in [0.15, 0.2) is 24.4 Å². The van der Waals surface area contributed by atoms with E-state index in [9.17, 15) is 4.79 Å². The average molecular weight is 318 g/mol. The van der Waals surface area contributed by atoms with Gasteiger partial charge in [0, 0.05) is 32.5 Å². The lowest BCUT2D eigenvalue weighted by Crippen LogP contribution is -2.48. The Kier molecular flexibility index (Phi) is 5.00. The van der Waals surface area contributed by atoms with E-state index in [2.05, 4.69) is 22.6 Å². The van der Waals surface area contributed by atoms with Crippen LogP contribution in [0.2, 0.25) is 0 Å². The molecular formula is C17H26N4O2. The lowest BCUT2D eigenvalue weighted by atomic mass is 9.71. The standard InChI is InChI=1S/C17H26N4O2/c1-23-13-12-21-11-6-15(19-21)18-16(22)20-10-5-9-17(14-20)7-3-2-4-8-17/h2-3,6,11H,4-5,7-10,12-14H2,1H3,(H,18,19,22)/t17-/m1/s1. The number of aromatic nitrogens is 2. The minimum atomic E-state index is -0.0318. The number of rotatable bonds is 4. The Hall–Kier alpha value is -1.82. The number of carbonyl (C=O) groups excluding carboxylic acids is 1. The zero-order valence-electron chi connectivity index (χ0n) is 13.8. The first kappa shape index (κ1) is 16.1. The number of methoxy groups -OCH3 is 1. The van der Waals surface area contributed by atoms with Gasteiger partial charge < -0.3 is 9.64 Å². The van der Waals surface area contributed by atoms with Gasteiger partial charge >= 0.3 is 6.03 Å². The van der Waals surface area contributed by atoms with Crippen molar-refractivity contribution in [2.45, 2.75) is 38.6 Å². The fourth-order valence-electron chi connectivity index (χ4n) is 3.62. The molecule has 1 aliphatic carbocycles. The summed E-state index contributed by atoms with van der Waals surface area (Å²) in [5.74, 6) is 0.606. The summed E-state index contributed by atoms with van der Waals surface area (Å²) in [7, 11) is 1.67. The number of ether oxygens (including phenoxy) is 1. The highest BCUT2D eigenvalue weighted by molar-refractivity contribution is 5.88. The quantitative estimate of drug-likeness (QED) is 0.868. The third-order valence-electron chi connectivity index (χ3n) is 4.91. The van der Waals surface area contributed by atoms with Crippen LogP contribution in [0, 0.1) is 5.41 Å². The summed E-state index contributed by atoms with van der Waals surface area (Å²) in [6, 6.07) is 1.80. The van der Waals surface area contributed by atoms with Gasteiger partial charge in [0.2, 0.25) is 0 Å². The molecule has 0 radical (unpaired) electrons. The summed E-state index contributed by atoms with van der Waals surface area (Å²) in [5.41, 5.74) is 0.294. The van der Waals surface area contributed by atoms with Crippen molar-refractivity contribution in [1.82, 2.24) is 14.7 Å². The molecular weight excluding hydrogens is 292 g/mol. The molecule has 0 saturated carbocycles. The highest BCUT2D eigenvalue weighted by Crippen LogP contribution is 2.40. The molecule has 1 N–H and O–H groups in total. The minimum Gasteiger partial charge on any atom is -0.383 e. The number of hydrogen-bond acceptors (Lipinski definition) is 3. The third kappa shape index (κ3) is 3.93. The normalized spacial score (nSPS) is 24.1. The van der Waals surface area contributed by atoms with Crippen molar-refractivity contribution in [3.8, 4) is 0 Å². The molecule has 2 aliphatic rings. The van der Waals surface area contributed by atoms with Gasteiger partial charge in [-0.1, -0.05) is 12.2 Å². The molecule has 1 spiro atoms. The zero-order chi connectivity index (χ0) is 16.1. The average Bonchev–Trinajstić information content (AvgIpc) is 3.01. The smallest absolute Gasteiger partial charge is 0.323 e. The number of nitrogens with zero attached hydrogens (tertiary/aromatic N) is 3. The van der Waals surface area contributed by atoms with Gasteiger partial charge in [0.05, 0.1) is 13.2 Å². The maximum atomic E-state index is 12.5. The number of piperidine rings is 1. The Balaban J connectivity index is 1.57. The first-order valence-electron chi connectivity index (χ1n) is 8.44. The van der Waals surface area contributed by atoms with Gasteiger partial charge in [0.15, 0.2) is 5.82 Å². The Labute approximate surface area is 137 Å². The highest BCUT2D eigenvalue weighted by atomic mass is 16.5. The van der Waals surface area contributed by atoms with Crippen LogP contribution < -0.4 is 5.32 Å². The second-order valence-corrected chi connectivity index (χ2v) is 6.63. The van der Waals surface area contributed by atoms with E-state index in [1.807, 2.05) is 17.2 Å². The fraction of sp³-hybridized carbons (Fsp3) is 0.647. The van der Waals surface area contributed by atoms with Gasteiger partial charge in [-0.25, -0.2) is 4.79 Å². The van der Waals surface area contributed by atoms with Crippen molar-refractivity contribution in [3.05, 3.63) is 24.4 Å². The number of urea groups is 1. The fourth-order valence-corrected chi connectivity index (χ4v) is 3.62. The van der Waals surface area contributed by atoms with E-state index in [0.29, 0.717) is 24.4 Å². The number of likely N-dealkylation sites (tertiary alicyclic amines) is 1. The van der Waals surface area contributed by atoms with Gasteiger partial charge in [0.25, 0.3) is 0 Å². The molecule has 3 rings (SSSR count). The number of hydrogen-bond donors (Lipinski definition) is 1. The summed E-state index contributed by atoms with van der Waals surface area (Å²) in [6.07, 6.45) is 12.1. The van der Waals surface area contributed by atoms with Crippen LogP contribution in [0.5, 0.6) is 0 Å². The molecule has 1 atom stereocenters. The molecule has 0 unspecified atom stereocenters. The second kappa shape index (κ2) is 7.17. The number of anilines is 1. The number of amides is 2. The van der Waals surface area contributed by atoms with Crippen LogP contribution in [0.25, 0.3) is 0 Å². The maximum absolute atomic E-state index is 12.5. The van der Waals surface area contributed by atoms with Gasteiger partial charge in [0.1, 0.15) is 0 Å². The van der Waals surface area contributed by atoms with Crippen LogP contribution in [0.3, 0.4) is 0 Å². The predicted molar refractivity (Wildman–Crippen MR) is 89.4 cm³/mol. The Morgan fingerprint density at radius 2 is 2.35 bits per heavy atom. The molecule has 1 aromatic heterocycles. The largest absolute Gasteiger partial charge is 0.383 e. The van der Waals surface area contributed by atoms with E-state index in [1.54, 1.807) is 11.8 Å². The lowest BCUT2D eigenvalue weighted by molar-refractivity contribution is 0.102. The van der Waals surface area contributed by atoms with Gasteiger partial charge in [-0.3, -0.25) is 10.00 Å². The van der Waals surface area contributed by atoms with E-state index in [0.717, 1.165) is 32.4 Å².